The predicted molar refractivity (Wildman–Crippen MR) is 85.1 cm³/mol. The molecule has 0 saturated carbocycles. The molecule has 106 valence electrons. The Morgan fingerprint density at radius 1 is 1.42 bits per heavy atom. The summed E-state index contributed by atoms with van der Waals surface area (Å²) in [4.78, 5) is 3.29. The molecule has 0 heterocycles. The number of likely N-dealkylation sites (N-methyl/N-ethyl adjacent to an activating group) is 2. The van der Waals surface area contributed by atoms with E-state index in [1.165, 1.54) is 5.56 Å². The number of hydrogen-bond donors (Lipinski definition) is 2. The van der Waals surface area contributed by atoms with Crippen LogP contribution in [0.15, 0.2) is 36.9 Å². The summed E-state index contributed by atoms with van der Waals surface area (Å²) in [5.74, 6) is 0.852. The molecule has 19 heavy (non-hydrogen) atoms. The van der Waals surface area contributed by atoms with Gasteiger partial charge < -0.3 is 10.4 Å². The van der Waals surface area contributed by atoms with Crippen molar-refractivity contribution in [3.05, 3.63) is 42.5 Å². The van der Waals surface area contributed by atoms with E-state index in [0.29, 0.717) is 13.1 Å². The normalized spacial score (nSPS) is 12.6. The predicted octanol–water partition coefficient (Wildman–Crippen LogP) is 2.25. The molecular weight excluding hydrogens is 256 g/mol. The van der Waals surface area contributed by atoms with E-state index in [2.05, 4.69) is 35.9 Å². The number of nitrogens with zero attached hydrogens (tertiary/aromatic N) is 1. The highest BCUT2D eigenvalue weighted by Gasteiger charge is 2.10. The van der Waals surface area contributed by atoms with Gasteiger partial charge in [-0.15, -0.1) is 11.8 Å². The Morgan fingerprint density at radius 3 is 2.68 bits per heavy atom. The molecule has 0 aliphatic rings. The van der Waals surface area contributed by atoms with Crippen LogP contribution in [0.1, 0.15) is 12.5 Å². The van der Waals surface area contributed by atoms with E-state index in [4.69, 9.17) is 0 Å². The highest BCUT2D eigenvalue weighted by molar-refractivity contribution is 8.08. The molecule has 1 aromatic carbocycles. The number of thioether (sulfide) groups is 1. The number of nitrogens with one attached hydrogen (secondary N) is 1. The van der Waals surface area contributed by atoms with Crippen LogP contribution in [0.5, 0.6) is 0 Å². The summed E-state index contributed by atoms with van der Waals surface area (Å²) in [6.07, 6.45) is -0.324. The first-order chi connectivity index (χ1) is 9.17. The number of hydrogen-bond acceptors (Lipinski definition) is 4. The van der Waals surface area contributed by atoms with E-state index in [0.717, 1.165) is 17.3 Å². The largest absolute Gasteiger partial charge is 0.390 e. The van der Waals surface area contributed by atoms with Crippen molar-refractivity contribution in [3.8, 4) is 0 Å². The van der Waals surface area contributed by atoms with Crippen molar-refractivity contribution in [3.63, 3.8) is 0 Å². The molecule has 0 saturated heterocycles. The number of aliphatic hydroxyl groups is 1. The van der Waals surface area contributed by atoms with Gasteiger partial charge in [0.2, 0.25) is 0 Å². The molecule has 1 rings (SSSR count). The van der Waals surface area contributed by atoms with Gasteiger partial charge in [0, 0.05) is 23.9 Å². The molecule has 0 spiro atoms. The first kappa shape index (κ1) is 16.2. The maximum atomic E-state index is 9.80. The van der Waals surface area contributed by atoms with E-state index in [9.17, 15) is 5.11 Å². The molecule has 0 bridgehead atoms. The van der Waals surface area contributed by atoms with Gasteiger partial charge in [-0.1, -0.05) is 43.8 Å². The zero-order valence-corrected chi connectivity index (χ0v) is 12.6. The van der Waals surface area contributed by atoms with Crippen molar-refractivity contribution in [2.75, 3.05) is 32.6 Å². The number of benzene rings is 1. The molecule has 4 heteroatoms. The van der Waals surface area contributed by atoms with Crippen molar-refractivity contribution in [1.82, 2.24) is 10.2 Å². The molecule has 0 fully saturated rings. The van der Waals surface area contributed by atoms with Crippen LogP contribution in [-0.4, -0.2) is 48.7 Å². The van der Waals surface area contributed by atoms with Gasteiger partial charge in [0.15, 0.2) is 0 Å². The minimum absolute atomic E-state index is 0.324. The molecule has 3 nitrogen and oxygen atoms in total. The smallest absolute Gasteiger partial charge is 0.0791 e. The second kappa shape index (κ2) is 9.15. The SMILES string of the molecule is C=C(SCN(CC)CC(O)CNC)c1ccccc1. The summed E-state index contributed by atoms with van der Waals surface area (Å²) < 4.78 is 0. The molecule has 0 aliphatic carbocycles. The number of rotatable bonds is 9. The quantitative estimate of drug-likeness (QED) is 0.680. The first-order valence-corrected chi connectivity index (χ1v) is 7.58. The van der Waals surface area contributed by atoms with E-state index >= 15 is 0 Å². The fourth-order valence-corrected chi connectivity index (χ4v) is 2.68. The van der Waals surface area contributed by atoms with Crippen molar-refractivity contribution < 1.29 is 5.11 Å². The Bertz CT molecular complexity index is 370. The van der Waals surface area contributed by atoms with Crippen LogP contribution in [0.4, 0.5) is 0 Å². The van der Waals surface area contributed by atoms with Crippen LogP contribution in [0.25, 0.3) is 4.91 Å². The van der Waals surface area contributed by atoms with Crippen LogP contribution in [0.3, 0.4) is 0 Å². The Morgan fingerprint density at radius 2 is 2.11 bits per heavy atom. The van der Waals surface area contributed by atoms with Gasteiger partial charge in [0.05, 0.1) is 6.10 Å². The van der Waals surface area contributed by atoms with Crippen molar-refractivity contribution in [1.29, 1.82) is 0 Å². The van der Waals surface area contributed by atoms with Gasteiger partial charge in [-0.05, 0) is 19.2 Å². The van der Waals surface area contributed by atoms with Gasteiger partial charge in [0.25, 0.3) is 0 Å². The fraction of sp³-hybridized carbons (Fsp3) is 0.467. The lowest BCUT2D eigenvalue weighted by atomic mass is 10.2. The van der Waals surface area contributed by atoms with E-state index in [-0.39, 0.29) is 6.10 Å². The fourth-order valence-electron chi connectivity index (χ4n) is 1.75. The van der Waals surface area contributed by atoms with Crippen LogP contribution in [0, 0.1) is 0 Å². The number of aliphatic hydroxyl groups excluding tert-OH is 1. The lowest BCUT2D eigenvalue weighted by molar-refractivity contribution is 0.126. The Labute approximate surface area is 120 Å². The third kappa shape index (κ3) is 6.25. The van der Waals surface area contributed by atoms with Crippen LogP contribution in [0.2, 0.25) is 0 Å². The third-order valence-corrected chi connectivity index (χ3v) is 3.95. The van der Waals surface area contributed by atoms with Crippen molar-refractivity contribution in [2.45, 2.75) is 13.0 Å². The van der Waals surface area contributed by atoms with Crippen LogP contribution < -0.4 is 5.32 Å². The van der Waals surface area contributed by atoms with Gasteiger partial charge in [-0.2, -0.15) is 0 Å². The third-order valence-electron chi connectivity index (χ3n) is 2.87. The van der Waals surface area contributed by atoms with Crippen LogP contribution >= 0.6 is 11.8 Å². The molecule has 1 atom stereocenters. The molecule has 1 aromatic rings. The lowest BCUT2D eigenvalue weighted by Gasteiger charge is -2.23. The average Bonchev–Trinajstić information content (AvgIpc) is 2.44. The molecule has 0 amide bonds. The molecule has 0 aliphatic heterocycles. The highest BCUT2D eigenvalue weighted by Crippen LogP contribution is 2.25. The summed E-state index contributed by atoms with van der Waals surface area (Å²) in [7, 11) is 1.85. The Kier molecular flexibility index (Phi) is 7.82. The summed E-state index contributed by atoms with van der Waals surface area (Å²) in [5.41, 5.74) is 1.17. The summed E-state index contributed by atoms with van der Waals surface area (Å²) in [5, 5.41) is 12.8. The zero-order valence-electron chi connectivity index (χ0n) is 11.8. The first-order valence-electron chi connectivity index (χ1n) is 6.59. The Hall–Kier alpha value is -0.810. The molecular formula is C15H24N2OS. The van der Waals surface area contributed by atoms with Gasteiger partial charge >= 0.3 is 0 Å². The summed E-state index contributed by atoms with van der Waals surface area (Å²) >= 11 is 1.72. The van der Waals surface area contributed by atoms with E-state index < -0.39 is 0 Å². The minimum Gasteiger partial charge on any atom is -0.390 e. The molecule has 0 radical (unpaired) electrons. The van der Waals surface area contributed by atoms with Gasteiger partial charge in [0.1, 0.15) is 0 Å². The molecule has 1 unspecified atom stereocenters. The Balaban J connectivity index is 2.39. The maximum Gasteiger partial charge on any atom is 0.0791 e. The maximum absolute atomic E-state index is 9.80. The van der Waals surface area contributed by atoms with E-state index in [1.54, 1.807) is 11.8 Å². The summed E-state index contributed by atoms with van der Waals surface area (Å²) in [6, 6.07) is 10.2. The zero-order chi connectivity index (χ0) is 14.1. The monoisotopic (exact) mass is 280 g/mol. The standard InChI is InChI=1S/C15H24N2OS/c1-4-17(11-15(18)10-16-3)12-19-13(2)14-8-6-5-7-9-14/h5-9,15-16,18H,2,4,10-12H2,1,3H3. The second-order valence-corrected chi connectivity index (χ2v) is 5.48. The van der Waals surface area contributed by atoms with Crippen LogP contribution in [-0.2, 0) is 0 Å². The second-order valence-electron chi connectivity index (χ2n) is 4.44. The lowest BCUT2D eigenvalue weighted by Crippen LogP contribution is -2.37. The molecule has 2 N–H and O–H groups in total. The van der Waals surface area contributed by atoms with Gasteiger partial charge in [-0.25, -0.2) is 0 Å². The summed E-state index contributed by atoms with van der Waals surface area (Å²) in [6.45, 7) is 8.46. The highest BCUT2D eigenvalue weighted by atomic mass is 32.2. The van der Waals surface area contributed by atoms with Crippen molar-refractivity contribution >= 4 is 16.7 Å². The average molecular weight is 280 g/mol. The topological polar surface area (TPSA) is 35.5 Å². The molecule has 0 aromatic heterocycles. The van der Waals surface area contributed by atoms with E-state index in [1.807, 2.05) is 25.2 Å². The van der Waals surface area contributed by atoms with Crippen molar-refractivity contribution in [2.24, 2.45) is 0 Å². The van der Waals surface area contributed by atoms with Gasteiger partial charge in [-0.3, -0.25) is 4.90 Å². The minimum atomic E-state index is -0.324.